The Labute approximate surface area is 203 Å². The lowest BCUT2D eigenvalue weighted by molar-refractivity contribution is -0.137. The number of nitrogens with zero attached hydrogens (tertiary/aromatic N) is 2. The topological polar surface area (TPSA) is 118 Å². The maximum atomic E-state index is 13.0. The number of thiophene rings is 1. The molecule has 0 bridgehead atoms. The fourth-order valence-electron chi connectivity index (χ4n) is 3.71. The van der Waals surface area contributed by atoms with E-state index in [1.165, 1.54) is 0 Å². The molecule has 2 aromatic heterocycles. The fraction of sp³-hybridized carbons (Fsp3) is 0.160. The zero-order valence-electron chi connectivity index (χ0n) is 18.7. The molecule has 1 amide bonds. The van der Waals surface area contributed by atoms with Gasteiger partial charge in [-0.1, -0.05) is 38.1 Å². The van der Waals surface area contributed by atoms with E-state index in [9.17, 15) is 23.2 Å². The number of amides is 1. The SMILES string of the molecule is CC(C)c1ccc(-c2c(C#N)c(N)nc3sc(C(=O)Nc4ccc(C(F)(F)F)cc4)c(N)c23)cc1. The number of fused-ring (bicyclic) bond motifs is 1. The number of nitrogens with one attached hydrogen (secondary N) is 1. The van der Waals surface area contributed by atoms with Crippen LogP contribution in [0.5, 0.6) is 0 Å². The van der Waals surface area contributed by atoms with Gasteiger partial charge in [-0.3, -0.25) is 4.79 Å². The number of halogens is 3. The van der Waals surface area contributed by atoms with Crippen molar-refractivity contribution in [1.82, 2.24) is 4.98 Å². The maximum absolute atomic E-state index is 13.0. The minimum absolute atomic E-state index is 0.0129. The normalized spacial score (nSPS) is 11.6. The van der Waals surface area contributed by atoms with E-state index in [2.05, 4.69) is 30.2 Å². The van der Waals surface area contributed by atoms with Crippen LogP contribution in [0.4, 0.5) is 30.4 Å². The van der Waals surface area contributed by atoms with Gasteiger partial charge in [0, 0.05) is 16.6 Å². The van der Waals surface area contributed by atoms with Gasteiger partial charge in [-0.2, -0.15) is 18.4 Å². The van der Waals surface area contributed by atoms with Crippen LogP contribution in [0, 0.1) is 11.3 Å². The third-order valence-corrected chi connectivity index (χ3v) is 6.66. The van der Waals surface area contributed by atoms with Gasteiger partial charge in [-0.25, -0.2) is 4.98 Å². The molecular formula is C25H20F3N5OS. The highest BCUT2D eigenvalue weighted by atomic mass is 32.1. The molecule has 6 nitrogen and oxygen atoms in total. The third-order valence-electron chi connectivity index (χ3n) is 5.56. The number of carbonyl (C=O) groups excluding carboxylic acids is 1. The number of alkyl halides is 3. The van der Waals surface area contributed by atoms with Crippen LogP contribution >= 0.6 is 11.3 Å². The minimum Gasteiger partial charge on any atom is -0.397 e. The number of aromatic nitrogens is 1. The van der Waals surface area contributed by atoms with Crippen LogP contribution in [0.1, 0.15) is 46.1 Å². The number of nitrogens with two attached hydrogens (primary N) is 2. The van der Waals surface area contributed by atoms with Gasteiger partial charge in [-0.15, -0.1) is 11.3 Å². The predicted octanol–water partition coefficient (Wildman–Crippen LogP) is 6.39. The van der Waals surface area contributed by atoms with E-state index >= 15 is 0 Å². The van der Waals surface area contributed by atoms with Crippen LogP contribution < -0.4 is 16.8 Å². The van der Waals surface area contributed by atoms with Crippen molar-refractivity contribution in [2.75, 3.05) is 16.8 Å². The minimum atomic E-state index is -4.48. The zero-order valence-corrected chi connectivity index (χ0v) is 19.5. The Morgan fingerprint density at radius 2 is 1.71 bits per heavy atom. The molecule has 5 N–H and O–H groups in total. The Balaban J connectivity index is 1.79. The molecule has 0 radical (unpaired) electrons. The Bertz CT molecular complexity index is 1470. The molecule has 4 aromatic rings. The second-order valence-electron chi connectivity index (χ2n) is 8.19. The lowest BCUT2D eigenvalue weighted by Crippen LogP contribution is -2.12. The molecule has 0 aliphatic heterocycles. The van der Waals surface area contributed by atoms with Crippen molar-refractivity contribution < 1.29 is 18.0 Å². The Morgan fingerprint density at radius 1 is 1.09 bits per heavy atom. The summed E-state index contributed by atoms with van der Waals surface area (Å²) < 4.78 is 38.4. The van der Waals surface area contributed by atoms with Crippen LogP contribution in [-0.2, 0) is 6.18 Å². The molecule has 0 fully saturated rings. The molecule has 0 aliphatic carbocycles. The van der Waals surface area contributed by atoms with Crippen molar-refractivity contribution in [3.63, 3.8) is 0 Å². The fourth-order valence-corrected chi connectivity index (χ4v) is 4.71. The molecule has 35 heavy (non-hydrogen) atoms. The summed E-state index contributed by atoms with van der Waals surface area (Å²) in [7, 11) is 0. The standard InChI is InChI=1S/C25H20F3N5OS/c1-12(2)13-3-5-14(6-4-13)18-17(11-29)22(31)33-24-19(18)20(30)21(35-24)23(34)32-16-9-7-15(8-10-16)25(26,27)28/h3-10,12H,30H2,1-2H3,(H2,31,33)(H,32,34). The molecule has 0 aliphatic rings. The van der Waals surface area contributed by atoms with Gasteiger partial charge < -0.3 is 16.8 Å². The molecular weight excluding hydrogens is 475 g/mol. The summed E-state index contributed by atoms with van der Waals surface area (Å²) in [6, 6.07) is 13.8. The van der Waals surface area contributed by atoms with Crippen LogP contribution in [0.3, 0.4) is 0 Å². The Hall–Kier alpha value is -4.10. The number of benzene rings is 2. The number of nitrogen functional groups attached to an aromatic ring is 2. The van der Waals surface area contributed by atoms with Crippen molar-refractivity contribution >= 4 is 44.7 Å². The summed E-state index contributed by atoms with van der Waals surface area (Å²) in [4.78, 5) is 17.7. The number of carbonyl (C=O) groups is 1. The second kappa shape index (κ2) is 8.92. The number of hydrogen-bond acceptors (Lipinski definition) is 6. The quantitative estimate of drug-likeness (QED) is 0.303. The Kier molecular flexibility index (Phi) is 6.13. The zero-order chi connectivity index (χ0) is 25.5. The first-order valence-corrected chi connectivity index (χ1v) is 11.3. The average Bonchev–Trinajstić information content (AvgIpc) is 3.13. The van der Waals surface area contributed by atoms with E-state index in [0.717, 1.165) is 41.2 Å². The molecule has 0 unspecified atom stereocenters. The van der Waals surface area contributed by atoms with Crippen LogP contribution in [-0.4, -0.2) is 10.9 Å². The summed E-state index contributed by atoms with van der Waals surface area (Å²) in [5.74, 6) is -0.281. The highest BCUT2D eigenvalue weighted by Gasteiger charge is 2.30. The second-order valence-corrected chi connectivity index (χ2v) is 9.19. The first-order valence-electron chi connectivity index (χ1n) is 10.5. The number of nitriles is 1. The monoisotopic (exact) mass is 495 g/mol. The van der Waals surface area contributed by atoms with E-state index in [1.807, 2.05) is 24.3 Å². The van der Waals surface area contributed by atoms with Crippen molar-refractivity contribution in [2.24, 2.45) is 0 Å². The van der Waals surface area contributed by atoms with Crippen molar-refractivity contribution in [3.8, 4) is 17.2 Å². The first kappa shape index (κ1) is 24.0. The number of rotatable bonds is 4. The van der Waals surface area contributed by atoms with Crippen molar-refractivity contribution in [1.29, 1.82) is 5.26 Å². The van der Waals surface area contributed by atoms with Crippen LogP contribution in [0.15, 0.2) is 48.5 Å². The molecule has 2 heterocycles. The molecule has 4 rings (SSSR count). The molecule has 10 heteroatoms. The van der Waals surface area contributed by atoms with Gasteiger partial charge in [0.05, 0.1) is 11.3 Å². The Morgan fingerprint density at radius 3 is 2.26 bits per heavy atom. The first-order chi connectivity index (χ1) is 16.5. The van der Waals surface area contributed by atoms with Gasteiger partial charge in [0.15, 0.2) is 0 Å². The van der Waals surface area contributed by atoms with Gasteiger partial charge in [0.1, 0.15) is 27.2 Å². The summed E-state index contributed by atoms with van der Waals surface area (Å²) in [6.45, 7) is 4.13. The van der Waals surface area contributed by atoms with Gasteiger partial charge >= 0.3 is 6.18 Å². The lowest BCUT2D eigenvalue weighted by atomic mass is 9.94. The van der Waals surface area contributed by atoms with Crippen LogP contribution in [0.25, 0.3) is 21.3 Å². The summed E-state index contributed by atoms with van der Waals surface area (Å²) in [5, 5.41) is 12.8. The largest absolute Gasteiger partial charge is 0.416 e. The van der Waals surface area contributed by atoms with E-state index < -0.39 is 17.6 Å². The summed E-state index contributed by atoms with van der Waals surface area (Å²) in [5.41, 5.74) is 14.3. The molecule has 0 saturated heterocycles. The predicted molar refractivity (Wildman–Crippen MR) is 132 cm³/mol. The van der Waals surface area contributed by atoms with Gasteiger partial charge in [0.2, 0.25) is 0 Å². The molecule has 0 atom stereocenters. The molecule has 0 saturated carbocycles. The average molecular weight is 496 g/mol. The van der Waals surface area contributed by atoms with E-state index in [1.54, 1.807) is 0 Å². The van der Waals surface area contributed by atoms with E-state index in [4.69, 9.17) is 11.5 Å². The van der Waals surface area contributed by atoms with Crippen LogP contribution in [0.2, 0.25) is 0 Å². The molecule has 0 spiro atoms. The summed E-state index contributed by atoms with van der Waals surface area (Å²) >= 11 is 0.991. The number of pyridine rings is 1. The molecule has 2 aromatic carbocycles. The van der Waals surface area contributed by atoms with Crippen molar-refractivity contribution in [3.05, 3.63) is 70.1 Å². The summed E-state index contributed by atoms with van der Waals surface area (Å²) in [6.07, 6.45) is -4.48. The van der Waals surface area contributed by atoms with Gasteiger partial charge in [-0.05, 0) is 41.3 Å². The smallest absolute Gasteiger partial charge is 0.397 e. The molecule has 178 valence electrons. The maximum Gasteiger partial charge on any atom is 0.416 e. The van der Waals surface area contributed by atoms with E-state index in [-0.39, 0.29) is 27.6 Å². The lowest BCUT2D eigenvalue weighted by Gasteiger charge is -2.11. The third kappa shape index (κ3) is 4.50. The van der Waals surface area contributed by atoms with Crippen molar-refractivity contribution in [2.45, 2.75) is 25.9 Å². The highest BCUT2D eigenvalue weighted by Crippen LogP contribution is 2.43. The number of hydrogen-bond donors (Lipinski definition) is 3. The van der Waals surface area contributed by atoms with Gasteiger partial charge in [0.25, 0.3) is 5.91 Å². The number of anilines is 3. The highest BCUT2D eigenvalue weighted by molar-refractivity contribution is 7.21. The van der Waals surface area contributed by atoms with E-state index in [0.29, 0.717) is 27.3 Å².